The number of amides is 1. The van der Waals surface area contributed by atoms with Crippen molar-refractivity contribution in [3.05, 3.63) is 71.3 Å². The Hall–Kier alpha value is -2.17. The molecule has 2 rings (SSSR count). The van der Waals surface area contributed by atoms with Gasteiger partial charge in [0, 0.05) is 18.7 Å². The number of benzene rings is 2. The fourth-order valence-corrected chi connectivity index (χ4v) is 2.30. The maximum Gasteiger partial charge on any atom is 0.248 e. The quantitative estimate of drug-likeness (QED) is 0.696. The number of nitrogens with one attached hydrogen (secondary N) is 1. The summed E-state index contributed by atoms with van der Waals surface area (Å²) in [5, 5.41) is 13.2. The van der Waals surface area contributed by atoms with Gasteiger partial charge in [0.05, 0.1) is 6.10 Å². The van der Waals surface area contributed by atoms with Crippen molar-refractivity contribution in [1.82, 2.24) is 5.32 Å². The lowest BCUT2D eigenvalue weighted by Gasteiger charge is -2.12. The molecule has 22 heavy (non-hydrogen) atoms. The van der Waals surface area contributed by atoms with Gasteiger partial charge in [0.1, 0.15) is 0 Å². The number of nitrogens with two attached hydrogens (primary N) is 1. The summed E-state index contributed by atoms with van der Waals surface area (Å²) in [6.07, 6.45) is 1.19. The van der Waals surface area contributed by atoms with Gasteiger partial charge in [-0.25, -0.2) is 0 Å². The lowest BCUT2D eigenvalue weighted by molar-refractivity contribution is 0.1000. The summed E-state index contributed by atoms with van der Waals surface area (Å²) < 4.78 is 0. The maximum absolute atomic E-state index is 11.1. The first-order chi connectivity index (χ1) is 10.6. The van der Waals surface area contributed by atoms with Crippen molar-refractivity contribution in [3.8, 4) is 0 Å². The van der Waals surface area contributed by atoms with Crippen LogP contribution in [0.15, 0.2) is 54.6 Å². The molecule has 0 unspecified atom stereocenters. The van der Waals surface area contributed by atoms with Crippen molar-refractivity contribution in [2.24, 2.45) is 5.73 Å². The van der Waals surface area contributed by atoms with Gasteiger partial charge in [0.25, 0.3) is 0 Å². The third kappa shape index (κ3) is 5.31. The van der Waals surface area contributed by atoms with Crippen molar-refractivity contribution in [2.75, 3.05) is 6.54 Å². The van der Waals surface area contributed by atoms with Gasteiger partial charge < -0.3 is 16.2 Å². The highest BCUT2D eigenvalue weighted by molar-refractivity contribution is 5.92. The van der Waals surface area contributed by atoms with Crippen LogP contribution in [0.4, 0.5) is 0 Å². The molecule has 4 heteroatoms. The largest absolute Gasteiger partial charge is 0.392 e. The van der Waals surface area contributed by atoms with Gasteiger partial charge in [-0.3, -0.25) is 4.79 Å². The standard InChI is InChI=1S/C18H22N2O2/c19-18(22)16-8-4-7-15(11-16)12-20-13-17(21)10-9-14-5-2-1-3-6-14/h1-8,11,17,20-21H,9-10,12-13H2,(H2,19,22)/t17-/m1/s1. The van der Waals surface area contributed by atoms with E-state index in [4.69, 9.17) is 5.73 Å². The van der Waals surface area contributed by atoms with Crippen LogP contribution >= 0.6 is 0 Å². The zero-order chi connectivity index (χ0) is 15.8. The Labute approximate surface area is 131 Å². The third-order valence-electron chi connectivity index (χ3n) is 3.53. The molecule has 2 aromatic rings. The second-order valence-corrected chi connectivity index (χ2v) is 5.37. The van der Waals surface area contributed by atoms with Crippen molar-refractivity contribution in [3.63, 3.8) is 0 Å². The zero-order valence-electron chi connectivity index (χ0n) is 12.5. The number of aliphatic hydroxyl groups excluding tert-OH is 1. The molecule has 0 aliphatic rings. The summed E-state index contributed by atoms with van der Waals surface area (Å²) in [5.41, 5.74) is 7.97. The summed E-state index contributed by atoms with van der Waals surface area (Å²) in [7, 11) is 0. The van der Waals surface area contributed by atoms with Crippen LogP contribution in [0.2, 0.25) is 0 Å². The van der Waals surface area contributed by atoms with E-state index in [9.17, 15) is 9.90 Å². The van der Waals surface area contributed by atoms with E-state index in [0.717, 1.165) is 18.4 Å². The van der Waals surface area contributed by atoms with Gasteiger partial charge in [-0.1, -0.05) is 42.5 Å². The average molecular weight is 298 g/mol. The highest BCUT2D eigenvalue weighted by atomic mass is 16.3. The Morgan fingerprint density at radius 1 is 1.09 bits per heavy atom. The van der Waals surface area contributed by atoms with Gasteiger partial charge >= 0.3 is 0 Å². The fraction of sp³-hybridized carbons (Fsp3) is 0.278. The maximum atomic E-state index is 11.1. The van der Waals surface area contributed by atoms with Crippen molar-refractivity contribution in [2.45, 2.75) is 25.5 Å². The lowest BCUT2D eigenvalue weighted by Crippen LogP contribution is -2.27. The van der Waals surface area contributed by atoms with Crippen molar-refractivity contribution < 1.29 is 9.90 Å². The predicted octanol–water partition coefficient (Wildman–Crippen LogP) is 1.87. The molecule has 0 aromatic heterocycles. The van der Waals surface area contributed by atoms with Gasteiger partial charge in [0.15, 0.2) is 0 Å². The van der Waals surface area contributed by atoms with Crippen molar-refractivity contribution >= 4 is 5.91 Å². The topological polar surface area (TPSA) is 75.4 Å². The molecule has 4 N–H and O–H groups in total. The molecule has 0 aliphatic carbocycles. The number of hydrogen-bond donors (Lipinski definition) is 3. The molecule has 0 saturated carbocycles. The number of aryl methyl sites for hydroxylation is 1. The van der Waals surface area contributed by atoms with E-state index in [1.54, 1.807) is 12.1 Å². The fourth-order valence-electron chi connectivity index (χ4n) is 2.30. The van der Waals surface area contributed by atoms with E-state index in [2.05, 4.69) is 17.4 Å². The number of primary amides is 1. The van der Waals surface area contributed by atoms with Gasteiger partial charge in [-0.2, -0.15) is 0 Å². The van der Waals surface area contributed by atoms with Crippen LogP contribution < -0.4 is 11.1 Å². The minimum atomic E-state index is -0.426. The van der Waals surface area contributed by atoms with E-state index in [1.807, 2.05) is 30.3 Å². The number of aliphatic hydroxyl groups is 1. The van der Waals surface area contributed by atoms with E-state index in [-0.39, 0.29) is 6.10 Å². The number of carbonyl (C=O) groups is 1. The summed E-state index contributed by atoms with van der Waals surface area (Å²) in [5.74, 6) is -0.426. The molecule has 4 nitrogen and oxygen atoms in total. The second-order valence-electron chi connectivity index (χ2n) is 5.37. The molecule has 0 heterocycles. The normalized spacial score (nSPS) is 12.0. The second kappa shape index (κ2) is 8.32. The number of rotatable bonds is 8. The van der Waals surface area contributed by atoms with E-state index >= 15 is 0 Å². The Balaban J connectivity index is 1.71. The van der Waals surface area contributed by atoms with E-state index < -0.39 is 5.91 Å². The monoisotopic (exact) mass is 298 g/mol. The number of carbonyl (C=O) groups excluding carboxylic acids is 1. The summed E-state index contributed by atoms with van der Waals surface area (Å²) >= 11 is 0. The first-order valence-electron chi connectivity index (χ1n) is 7.46. The van der Waals surface area contributed by atoms with Crippen LogP contribution in [0.25, 0.3) is 0 Å². The molecule has 0 aliphatic heterocycles. The molecular formula is C18H22N2O2. The first-order valence-corrected chi connectivity index (χ1v) is 7.46. The average Bonchev–Trinajstić information content (AvgIpc) is 2.54. The summed E-state index contributed by atoms with van der Waals surface area (Å²) in [6, 6.07) is 17.3. The van der Waals surface area contributed by atoms with E-state index in [1.165, 1.54) is 5.56 Å². The van der Waals surface area contributed by atoms with Gasteiger partial charge in [-0.05, 0) is 36.1 Å². The third-order valence-corrected chi connectivity index (χ3v) is 3.53. The molecule has 0 radical (unpaired) electrons. The Morgan fingerprint density at radius 3 is 2.55 bits per heavy atom. The Kier molecular flexibility index (Phi) is 6.13. The molecule has 0 spiro atoms. The molecule has 2 aromatic carbocycles. The Bertz CT molecular complexity index is 599. The van der Waals surface area contributed by atoms with Gasteiger partial charge in [0.2, 0.25) is 5.91 Å². The highest BCUT2D eigenvalue weighted by Gasteiger charge is 2.05. The molecule has 1 amide bonds. The van der Waals surface area contributed by atoms with Crippen LogP contribution in [-0.4, -0.2) is 23.7 Å². The minimum Gasteiger partial charge on any atom is -0.392 e. The molecule has 0 saturated heterocycles. The SMILES string of the molecule is NC(=O)c1cccc(CNC[C@H](O)CCc2ccccc2)c1. The molecule has 0 fully saturated rings. The predicted molar refractivity (Wildman–Crippen MR) is 87.4 cm³/mol. The molecule has 0 bridgehead atoms. The number of hydrogen-bond acceptors (Lipinski definition) is 3. The van der Waals surface area contributed by atoms with E-state index in [0.29, 0.717) is 18.7 Å². The lowest BCUT2D eigenvalue weighted by atomic mass is 10.1. The summed E-state index contributed by atoms with van der Waals surface area (Å²) in [4.78, 5) is 11.1. The van der Waals surface area contributed by atoms with Gasteiger partial charge in [-0.15, -0.1) is 0 Å². The molecule has 1 atom stereocenters. The zero-order valence-corrected chi connectivity index (χ0v) is 12.5. The summed E-state index contributed by atoms with van der Waals surface area (Å²) in [6.45, 7) is 1.12. The van der Waals surface area contributed by atoms with Crippen LogP contribution in [-0.2, 0) is 13.0 Å². The van der Waals surface area contributed by atoms with Crippen molar-refractivity contribution in [1.29, 1.82) is 0 Å². The molecular weight excluding hydrogens is 276 g/mol. The van der Waals surface area contributed by atoms with Crippen LogP contribution in [0, 0.1) is 0 Å². The first kappa shape index (κ1) is 16.2. The van der Waals surface area contributed by atoms with Crippen LogP contribution in [0.1, 0.15) is 27.9 Å². The minimum absolute atomic E-state index is 0.389. The molecule has 116 valence electrons. The highest BCUT2D eigenvalue weighted by Crippen LogP contribution is 2.06. The van der Waals surface area contributed by atoms with Crippen LogP contribution in [0.3, 0.4) is 0 Å². The Morgan fingerprint density at radius 2 is 1.82 bits per heavy atom. The smallest absolute Gasteiger partial charge is 0.248 e. The van der Waals surface area contributed by atoms with Crippen LogP contribution in [0.5, 0.6) is 0 Å².